The van der Waals surface area contributed by atoms with Gasteiger partial charge in [-0.25, -0.2) is 4.79 Å². The summed E-state index contributed by atoms with van der Waals surface area (Å²) in [6.45, 7) is 2.08. The average Bonchev–Trinajstić information content (AvgIpc) is 2.78. The van der Waals surface area contributed by atoms with Gasteiger partial charge in [-0.15, -0.1) is 0 Å². The Morgan fingerprint density at radius 3 is 2.47 bits per heavy atom. The van der Waals surface area contributed by atoms with Crippen molar-refractivity contribution in [3.05, 3.63) is 64.7 Å². The van der Waals surface area contributed by atoms with Gasteiger partial charge >= 0.3 is 6.03 Å². The summed E-state index contributed by atoms with van der Waals surface area (Å²) in [5, 5.41) is 6.21. The Morgan fingerprint density at radius 1 is 0.967 bits per heavy atom. The molecule has 1 aliphatic heterocycles. The Bertz CT molecular complexity index is 900. The lowest BCUT2D eigenvalue weighted by Gasteiger charge is -2.41. The molecule has 158 valence electrons. The highest BCUT2D eigenvalue weighted by Gasteiger charge is 2.33. The molecule has 2 aliphatic rings. The zero-order chi connectivity index (χ0) is 20.9. The van der Waals surface area contributed by atoms with Gasteiger partial charge in [-0.05, 0) is 60.6 Å². The first-order chi connectivity index (χ1) is 14.6. The van der Waals surface area contributed by atoms with Gasteiger partial charge in [0, 0.05) is 35.9 Å². The number of halogens is 1. The zero-order valence-corrected chi connectivity index (χ0v) is 17.8. The zero-order valence-electron chi connectivity index (χ0n) is 17.1. The van der Waals surface area contributed by atoms with Crippen molar-refractivity contribution in [2.75, 3.05) is 18.4 Å². The number of piperidine rings is 1. The molecule has 6 heteroatoms. The maximum Gasteiger partial charge on any atom is 0.319 e. The number of carbonyl (C=O) groups is 2. The molecule has 0 aromatic heterocycles. The van der Waals surface area contributed by atoms with Crippen molar-refractivity contribution in [2.24, 2.45) is 11.8 Å². The number of carbonyl (C=O) groups excluding carboxylic acids is 2. The van der Waals surface area contributed by atoms with E-state index in [0.717, 1.165) is 31.0 Å². The molecule has 2 aromatic carbocycles. The van der Waals surface area contributed by atoms with Crippen LogP contribution in [0.25, 0.3) is 0 Å². The van der Waals surface area contributed by atoms with Gasteiger partial charge in [0.15, 0.2) is 0 Å². The van der Waals surface area contributed by atoms with Gasteiger partial charge < -0.3 is 15.5 Å². The summed E-state index contributed by atoms with van der Waals surface area (Å²) in [6.07, 6.45) is 6.34. The molecular weight excluding hydrogens is 398 g/mol. The van der Waals surface area contributed by atoms with Crippen LogP contribution in [0.1, 0.15) is 48.0 Å². The van der Waals surface area contributed by atoms with Crippen molar-refractivity contribution < 1.29 is 9.59 Å². The van der Waals surface area contributed by atoms with E-state index < -0.39 is 0 Å². The van der Waals surface area contributed by atoms with Gasteiger partial charge in [-0.3, -0.25) is 4.79 Å². The van der Waals surface area contributed by atoms with E-state index in [1.54, 1.807) is 30.3 Å². The lowest BCUT2D eigenvalue weighted by atomic mass is 9.75. The Labute approximate surface area is 182 Å². The predicted octanol–water partition coefficient (Wildman–Crippen LogP) is 5.31. The van der Waals surface area contributed by atoms with E-state index in [2.05, 4.69) is 10.6 Å². The van der Waals surface area contributed by atoms with Crippen molar-refractivity contribution in [3.8, 4) is 0 Å². The number of nitrogens with one attached hydrogen (secondary N) is 2. The van der Waals surface area contributed by atoms with E-state index >= 15 is 0 Å². The lowest BCUT2D eigenvalue weighted by molar-refractivity contribution is 0.0521. The summed E-state index contributed by atoms with van der Waals surface area (Å²) in [6, 6.07) is 14.2. The smallest absolute Gasteiger partial charge is 0.319 e. The number of likely N-dealkylation sites (tertiary alicyclic amines) is 1. The molecule has 1 aliphatic carbocycles. The molecule has 0 bridgehead atoms. The Balaban J connectivity index is 1.29. The molecule has 5 nitrogen and oxygen atoms in total. The van der Waals surface area contributed by atoms with Gasteiger partial charge in [0.1, 0.15) is 0 Å². The first-order valence-corrected chi connectivity index (χ1v) is 11.2. The molecule has 4 rings (SSSR count). The summed E-state index contributed by atoms with van der Waals surface area (Å²) in [5.74, 6) is 1.56. The summed E-state index contributed by atoms with van der Waals surface area (Å²) in [7, 11) is 0. The van der Waals surface area contributed by atoms with Crippen LogP contribution in [-0.4, -0.2) is 29.9 Å². The Hall–Kier alpha value is -2.53. The fourth-order valence-corrected chi connectivity index (χ4v) is 4.86. The number of urea groups is 1. The monoisotopic (exact) mass is 425 g/mol. The number of rotatable bonds is 4. The van der Waals surface area contributed by atoms with Crippen LogP contribution >= 0.6 is 11.6 Å². The highest BCUT2D eigenvalue weighted by Crippen LogP contribution is 2.36. The molecule has 0 radical (unpaired) electrons. The molecule has 2 atom stereocenters. The van der Waals surface area contributed by atoms with E-state index in [9.17, 15) is 9.59 Å². The minimum atomic E-state index is -0.312. The predicted molar refractivity (Wildman–Crippen MR) is 120 cm³/mol. The van der Waals surface area contributed by atoms with Crippen LogP contribution in [0.5, 0.6) is 0 Å². The number of nitrogens with zero attached hydrogens (tertiary/aromatic N) is 1. The highest BCUT2D eigenvalue weighted by molar-refractivity contribution is 6.31. The minimum Gasteiger partial charge on any atom is -0.338 e. The summed E-state index contributed by atoms with van der Waals surface area (Å²) >= 11 is 6.11. The number of benzene rings is 2. The second-order valence-corrected chi connectivity index (χ2v) is 8.73. The van der Waals surface area contributed by atoms with Crippen LogP contribution in [0.4, 0.5) is 10.5 Å². The van der Waals surface area contributed by atoms with Crippen LogP contribution in [0.15, 0.2) is 48.5 Å². The van der Waals surface area contributed by atoms with Gasteiger partial charge in [0.05, 0.1) is 0 Å². The van der Waals surface area contributed by atoms with E-state index in [-0.39, 0.29) is 11.9 Å². The normalized spacial score (nSPS) is 20.9. The third-order valence-corrected chi connectivity index (χ3v) is 6.73. The average molecular weight is 426 g/mol. The first kappa shape index (κ1) is 20.7. The lowest BCUT2D eigenvalue weighted by Crippen LogP contribution is -2.44. The topological polar surface area (TPSA) is 61.4 Å². The summed E-state index contributed by atoms with van der Waals surface area (Å²) < 4.78 is 0. The number of hydrogen-bond acceptors (Lipinski definition) is 2. The second-order valence-electron chi connectivity index (χ2n) is 8.32. The van der Waals surface area contributed by atoms with Gasteiger partial charge in [-0.2, -0.15) is 0 Å². The van der Waals surface area contributed by atoms with Crippen molar-refractivity contribution in [2.45, 2.75) is 38.6 Å². The molecule has 2 fully saturated rings. The highest BCUT2D eigenvalue weighted by atomic mass is 35.5. The second kappa shape index (κ2) is 9.52. The number of amides is 3. The molecule has 2 aromatic rings. The van der Waals surface area contributed by atoms with Gasteiger partial charge in [0.25, 0.3) is 5.91 Å². The molecule has 1 saturated heterocycles. The molecule has 2 N–H and O–H groups in total. The van der Waals surface area contributed by atoms with E-state index in [0.29, 0.717) is 28.7 Å². The van der Waals surface area contributed by atoms with E-state index in [1.807, 2.05) is 23.1 Å². The Kier molecular flexibility index (Phi) is 6.58. The maximum absolute atomic E-state index is 12.9. The molecule has 2 unspecified atom stereocenters. The van der Waals surface area contributed by atoms with Crippen molar-refractivity contribution in [1.82, 2.24) is 10.2 Å². The minimum absolute atomic E-state index is 0.0914. The van der Waals surface area contributed by atoms with Crippen LogP contribution in [-0.2, 0) is 6.54 Å². The SMILES string of the molecule is O=C(NCc1ccccc1Cl)Nc1ccc(C(=O)N2CCC3CCCCC3C2)cc1. The number of hydrogen-bond donors (Lipinski definition) is 2. The maximum atomic E-state index is 12.9. The number of anilines is 1. The van der Waals surface area contributed by atoms with E-state index in [4.69, 9.17) is 11.6 Å². The molecule has 3 amide bonds. The molecule has 0 spiro atoms. The third kappa shape index (κ3) is 4.96. The summed E-state index contributed by atoms with van der Waals surface area (Å²) in [5.41, 5.74) is 2.18. The fourth-order valence-electron chi connectivity index (χ4n) is 4.66. The Morgan fingerprint density at radius 2 is 1.70 bits per heavy atom. The van der Waals surface area contributed by atoms with Crippen LogP contribution < -0.4 is 10.6 Å². The van der Waals surface area contributed by atoms with Crippen molar-refractivity contribution >= 4 is 29.2 Å². The largest absolute Gasteiger partial charge is 0.338 e. The molecule has 30 heavy (non-hydrogen) atoms. The molecular formula is C24H28ClN3O2. The first-order valence-electron chi connectivity index (χ1n) is 10.8. The van der Waals surface area contributed by atoms with Crippen molar-refractivity contribution in [3.63, 3.8) is 0 Å². The van der Waals surface area contributed by atoms with Crippen molar-refractivity contribution in [1.29, 1.82) is 0 Å². The van der Waals surface area contributed by atoms with Gasteiger partial charge in [0.2, 0.25) is 0 Å². The van der Waals surface area contributed by atoms with Gasteiger partial charge in [-0.1, -0.05) is 49.1 Å². The summed E-state index contributed by atoms with van der Waals surface area (Å²) in [4.78, 5) is 27.1. The van der Waals surface area contributed by atoms with Crippen LogP contribution in [0.2, 0.25) is 5.02 Å². The van der Waals surface area contributed by atoms with E-state index in [1.165, 1.54) is 25.7 Å². The quantitative estimate of drug-likeness (QED) is 0.696. The fraction of sp³-hybridized carbons (Fsp3) is 0.417. The molecule has 1 heterocycles. The third-order valence-electron chi connectivity index (χ3n) is 6.37. The van der Waals surface area contributed by atoms with Crippen LogP contribution in [0.3, 0.4) is 0 Å². The molecule has 1 saturated carbocycles. The standard InChI is InChI=1S/C24H28ClN3O2/c25-22-8-4-3-6-19(22)15-26-24(30)27-21-11-9-18(10-12-21)23(29)28-14-13-17-5-1-2-7-20(17)16-28/h3-4,6,8-12,17,20H,1-2,5,7,13-16H2,(H2,26,27,30). The van der Waals surface area contributed by atoms with Crippen LogP contribution in [0, 0.1) is 11.8 Å². The number of fused-ring (bicyclic) bond motifs is 1.